The molecule has 1 amide bonds. The lowest BCUT2D eigenvalue weighted by Gasteiger charge is -2.07. The fraction of sp³-hybridized carbons (Fsp3) is 0. The van der Waals surface area contributed by atoms with E-state index in [0.29, 0.717) is 11.0 Å². The molecule has 7 heteroatoms. The number of carbonyl (C=O) groups excluding carboxylic acids is 1. The molecule has 0 aliphatic rings. The Bertz CT molecular complexity index is 1300. The number of carbonyl (C=O) groups is 1. The van der Waals surface area contributed by atoms with Gasteiger partial charge in [0, 0.05) is 17.1 Å². The van der Waals surface area contributed by atoms with Crippen molar-refractivity contribution < 1.29 is 23.1 Å². The predicted molar refractivity (Wildman–Crippen MR) is 104 cm³/mol. The number of nitrogens with zero attached hydrogens (tertiary/aromatic N) is 1. The maximum absolute atomic E-state index is 13.5. The highest BCUT2D eigenvalue weighted by Crippen LogP contribution is 2.21. The smallest absolute Gasteiger partial charge is 0.261 e. The maximum Gasteiger partial charge on any atom is 0.261 e. The van der Waals surface area contributed by atoms with Gasteiger partial charge in [0.25, 0.3) is 5.91 Å². The van der Waals surface area contributed by atoms with Gasteiger partial charge in [-0.2, -0.15) is 0 Å². The molecule has 5 nitrogen and oxygen atoms in total. The van der Waals surface area contributed by atoms with Gasteiger partial charge in [-0.3, -0.25) is 4.79 Å². The molecule has 1 heterocycles. The maximum atomic E-state index is 13.5. The topological polar surface area (TPSA) is 74.8 Å². The quantitative estimate of drug-likeness (QED) is 0.521. The van der Waals surface area contributed by atoms with Crippen molar-refractivity contribution in [1.29, 1.82) is 0 Å². The molecule has 0 atom stereocenters. The molecule has 144 valence electrons. The van der Waals surface area contributed by atoms with Gasteiger partial charge in [0.05, 0.1) is 5.69 Å². The Morgan fingerprint density at radius 2 is 1.69 bits per heavy atom. The fourth-order valence-electron chi connectivity index (χ4n) is 2.78. The van der Waals surface area contributed by atoms with Crippen LogP contribution in [0.1, 0.15) is 10.4 Å². The molecule has 29 heavy (non-hydrogen) atoms. The number of rotatable bonds is 3. The molecule has 2 N–H and O–H groups in total. The first-order valence-corrected chi connectivity index (χ1v) is 8.62. The van der Waals surface area contributed by atoms with Gasteiger partial charge in [-0.25, -0.2) is 13.8 Å². The molecule has 0 fully saturated rings. The minimum absolute atomic E-state index is 0.0186. The van der Waals surface area contributed by atoms with E-state index in [1.165, 1.54) is 54.6 Å². The monoisotopic (exact) mass is 392 g/mol. The van der Waals surface area contributed by atoms with E-state index >= 15 is 0 Å². The van der Waals surface area contributed by atoms with Crippen LogP contribution in [0, 0.1) is 11.6 Å². The number of nitrogens with one attached hydrogen (secondary N) is 1. The van der Waals surface area contributed by atoms with Crippen molar-refractivity contribution in [2.45, 2.75) is 0 Å². The Hall–Kier alpha value is -4.00. The average Bonchev–Trinajstić information content (AvgIpc) is 2.67. The highest BCUT2D eigenvalue weighted by Gasteiger charge is 2.14. The molecule has 1 aromatic heterocycles. The minimum Gasteiger partial charge on any atom is -0.508 e. The number of aromatic hydroxyl groups is 1. The summed E-state index contributed by atoms with van der Waals surface area (Å²) >= 11 is 0. The second kappa shape index (κ2) is 7.55. The minimum atomic E-state index is -0.579. The molecule has 0 bridgehead atoms. The van der Waals surface area contributed by atoms with Crippen molar-refractivity contribution in [2.24, 2.45) is 4.99 Å². The molecule has 0 unspecified atom stereocenters. The normalized spacial score (nSPS) is 11.6. The van der Waals surface area contributed by atoms with Gasteiger partial charge in [0.15, 0.2) is 0 Å². The molecule has 0 aliphatic carbocycles. The number of hydrogen-bond donors (Lipinski definition) is 2. The number of hydrogen-bond acceptors (Lipinski definition) is 4. The number of fused-ring (bicyclic) bond motifs is 1. The van der Waals surface area contributed by atoms with E-state index < -0.39 is 17.5 Å². The van der Waals surface area contributed by atoms with Crippen LogP contribution in [0.2, 0.25) is 0 Å². The molecule has 0 saturated carbocycles. The summed E-state index contributed by atoms with van der Waals surface area (Å²) in [6.45, 7) is 0. The highest BCUT2D eigenvalue weighted by atomic mass is 19.1. The third-order valence-electron chi connectivity index (χ3n) is 4.10. The zero-order valence-electron chi connectivity index (χ0n) is 14.9. The van der Waals surface area contributed by atoms with Crippen molar-refractivity contribution in [3.63, 3.8) is 0 Å². The zero-order chi connectivity index (χ0) is 20.4. The van der Waals surface area contributed by atoms with Gasteiger partial charge < -0.3 is 14.8 Å². The molecule has 3 aromatic carbocycles. The first-order chi connectivity index (χ1) is 14.0. The Morgan fingerprint density at radius 1 is 0.931 bits per heavy atom. The summed E-state index contributed by atoms with van der Waals surface area (Å²) in [5.74, 6) is -1.58. The van der Waals surface area contributed by atoms with Gasteiger partial charge >= 0.3 is 0 Å². The van der Waals surface area contributed by atoms with Crippen LogP contribution in [0.25, 0.3) is 11.0 Å². The summed E-state index contributed by atoms with van der Waals surface area (Å²) in [5.41, 5.74) is 0.785. The van der Waals surface area contributed by atoms with Crippen molar-refractivity contribution in [1.82, 2.24) is 0 Å². The van der Waals surface area contributed by atoms with Crippen molar-refractivity contribution in [2.75, 3.05) is 5.32 Å². The third kappa shape index (κ3) is 4.14. The standard InChI is InChI=1S/C22H14F2N2O3/c23-14-3-1-5-16(10-14)25-21(28)19-9-13-7-8-18(27)12-20(13)29-22(19)26-17-6-2-4-15(24)11-17/h1-12,27H,(H,25,28). The van der Waals surface area contributed by atoms with E-state index in [0.717, 1.165) is 0 Å². The van der Waals surface area contributed by atoms with Gasteiger partial charge in [0.2, 0.25) is 5.55 Å². The molecule has 0 saturated heterocycles. The number of phenols is 1. The average molecular weight is 392 g/mol. The van der Waals surface area contributed by atoms with Crippen LogP contribution in [-0.4, -0.2) is 11.0 Å². The fourth-order valence-corrected chi connectivity index (χ4v) is 2.78. The Balaban J connectivity index is 1.86. The van der Waals surface area contributed by atoms with E-state index in [2.05, 4.69) is 10.3 Å². The van der Waals surface area contributed by atoms with Crippen LogP contribution >= 0.6 is 0 Å². The summed E-state index contributed by atoms with van der Waals surface area (Å²) < 4.78 is 32.7. The second-order valence-corrected chi connectivity index (χ2v) is 6.24. The largest absolute Gasteiger partial charge is 0.508 e. The number of anilines is 1. The van der Waals surface area contributed by atoms with Crippen molar-refractivity contribution in [3.8, 4) is 5.75 Å². The van der Waals surface area contributed by atoms with Gasteiger partial charge in [-0.1, -0.05) is 12.1 Å². The molecular weight excluding hydrogens is 378 g/mol. The molecule has 0 spiro atoms. The number of halogens is 2. The number of phenolic OH excluding ortho intramolecular Hbond substituents is 1. The molecule has 0 radical (unpaired) electrons. The second-order valence-electron chi connectivity index (χ2n) is 6.24. The van der Waals surface area contributed by atoms with Crippen LogP contribution in [-0.2, 0) is 0 Å². The predicted octanol–water partition coefficient (Wildman–Crippen LogP) is 4.90. The van der Waals surface area contributed by atoms with E-state index in [1.54, 1.807) is 18.2 Å². The first-order valence-electron chi connectivity index (χ1n) is 8.62. The SMILES string of the molecule is O=C(Nc1cccc(F)c1)c1cc2ccc(O)cc2oc1=Nc1cccc(F)c1. The van der Waals surface area contributed by atoms with Crippen molar-refractivity contribution >= 4 is 28.3 Å². The summed E-state index contributed by atoms with van der Waals surface area (Å²) in [4.78, 5) is 17.1. The van der Waals surface area contributed by atoms with Crippen LogP contribution in [0.15, 0.2) is 82.2 Å². The lowest BCUT2D eigenvalue weighted by Crippen LogP contribution is -2.21. The molecule has 0 aliphatic heterocycles. The van der Waals surface area contributed by atoms with E-state index in [4.69, 9.17) is 4.42 Å². The van der Waals surface area contributed by atoms with Crippen LogP contribution in [0.4, 0.5) is 20.2 Å². The highest BCUT2D eigenvalue weighted by molar-refractivity contribution is 6.05. The molecular formula is C22H14F2N2O3. The third-order valence-corrected chi connectivity index (χ3v) is 4.10. The number of amides is 1. The van der Waals surface area contributed by atoms with Gasteiger partial charge in [-0.05, 0) is 54.6 Å². The van der Waals surface area contributed by atoms with Gasteiger partial charge in [0.1, 0.15) is 28.5 Å². The summed E-state index contributed by atoms with van der Waals surface area (Å²) in [5, 5.41) is 12.8. The molecule has 4 aromatic rings. The summed E-state index contributed by atoms with van der Waals surface area (Å²) in [6, 6.07) is 16.9. The summed E-state index contributed by atoms with van der Waals surface area (Å²) in [6.07, 6.45) is 0. The Morgan fingerprint density at radius 3 is 2.45 bits per heavy atom. The lowest BCUT2D eigenvalue weighted by molar-refractivity contribution is 0.102. The Kier molecular flexibility index (Phi) is 4.78. The van der Waals surface area contributed by atoms with Crippen LogP contribution in [0.5, 0.6) is 5.75 Å². The van der Waals surface area contributed by atoms with Crippen LogP contribution < -0.4 is 10.9 Å². The lowest BCUT2D eigenvalue weighted by atomic mass is 10.1. The first kappa shape index (κ1) is 18.4. The zero-order valence-corrected chi connectivity index (χ0v) is 14.9. The molecule has 4 rings (SSSR count). The van der Waals surface area contributed by atoms with E-state index in [1.807, 2.05) is 0 Å². The van der Waals surface area contributed by atoms with Crippen molar-refractivity contribution in [3.05, 3.63) is 95.5 Å². The Labute approximate surface area is 163 Å². The van der Waals surface area contributed by atoms with Gasteiger partial charge in [-0.15, -0.1) is 0 Å². The number of benzene rings is 3. The summed E-state index contributed by atoms with van der Waals surface area (Å²) in [7, 11) is 0. The van der Waals surface area contributed by atoms with E-state index in [-0.39, 0.29) is 28.2 Å². The van der Waals surface area contributed by atoms with Crippen LogP contribution in [0.3, 0.4) is 0 Å². The van der Waals surface area contributed by atoms with E-state index in [9.17, 15) is 18.7 Å².